The molecule has 0 saturated carbocycles. The number of hydrogen-bond acceptors (Lipinski definition) is 7. The van der Waals surface area contributed by atoms with E-state index in [0.717, 1.165) is 0 Å². The maximum absolute atomic E-state index is 5.46. The van der Waals surface area contributed by atoms with Gasteiger partial charge in [0.2, 0.25) is 17.7 Å². The van der Waals surface area contributed by atoms with Crippen LogP contribution in [0.2, 0.25) is 0 Å². The number of rotatable bonds is 6. The fourth-order valence-electron chi connectivity index (χ4n) is 0.985. The zero-order valence-electron chi connectivity index (χ0n) is 9.47. The van der Waals surface area contributed by atoms with E-state index in [2.05, 4.69) is 9.97 Å². The molecular weight excluding hydrogens is 214 g/mol. The van der Waals surface area contributed by atoms with Crippen LogP contribution in [0.4, 0.5) is 5.95 Å². The molecule has 90 valence electrons. The maximum atomic E-state index is 5.46. The molecule has 0 bridgehead atoms. The summed E-state index contributed by atoms with van der Waals surface area (Å²) < 4.78 is 20.1. The van der Waals surface area contributed by atoms with Gasteiger partial charge in [-0.05, 0) is 0 Å². The molecule has 0 aliphatic heterocycles. The van der Waals surface area contributed by atoms with E-state index in [9.17, 15) is 0 Å². The predicted octanol–water partition coefficient (Wildman–Crippen LogP) is 0.0651. The summed E-state index contributed by atoms with van der Waals surface area (Å²) in [6.07, 6.45) is -0.456. The van der Waals surface area contributed by atoms with Gasteiger partial charge in [0, 0.05) is 14.2 Å². The van der Waals surface area contributed by atoms with Crippen LogP contribution in [0.5, 0.6) is 11.8 Å². The molecule has 0 aromatic carbocycles. The number of ether oxygens (including phenoxy) is 4. The average molecular weight is 229 g/mol. The van der Waals surface area contributed by atoms with Gasteiger partial charge in [-0.25, -0.2) is 0 Å². The lowest BCUT2D eigenvalue weighted by atomic mass is 10.6. The Morgan fingerprint density at radius 3 is 2.38 bits per heavy atom. The molecule has 0 aliphatic rings. The van der Waals surface area contributed by atoms with E-state index < -0.39 is 6.29 Å². The molecule has 0 spiro atoms. The SMILES string of the molecule is COc1cc(OCC(OC)OC)nc(N)n1. The van der Waals surface area contributed by atoms with Crippen molar-refractivity contribution in [3.05, 3.63) is 6.07 Å². The van der Waals surface area contributed by atoms with E-state index >= 15 is 0 Å². The van der Waals surface area contributed by atoms with Gasteiger partial charge in [0.25, 0.3) is 0 Å². The molecule has 0 radical (unpaired) electrons. The summed E-state index contributed by atoms with van der Waals surface area (Å²) in [6, 6.07) is 1.53. The van der Waals surface area contributed by atoms with Gasteiger partial charge in [0.05, 0.1) is 13.2 Å². The third-order valence-corrected chi connectivity index (χ3v) is 1.80. The molecule has 0 aliphatic carbocycles. The molecule has 16 heavy (non-hydrogen) atoms. The second-order valence-electron chi connectivity index (χ2n) is 2.82. The summed E-state index contributed by atoms with van der Waals surface area (Å²) in [6.45, 7) is 0.201. The first-order valence-corrected chi connectivity index (χ1v) is 4.56. The molecule has 0 amide bonds. The molecule has 7 nitrogen and oxygen atoms in total. The van der Waals surface area contributed by atoms with E-state index in [0.29, 0.717) is 11.8 Å². The summed E-state index contributed by atoms with van der Waals surface area (Å²) in [7, 11) is 4.53. The largest absolute Gasteiger partial charge is 0.481 e. The van der Waals surface area contributed by atoms with Crippen LogP contribution in [-0.2, 0) is 9.47 Å². The van der Waals surface area contributed by atoms with Gasteiger partial charge in [0.15, 0.2) is 6.29 Å². The molecule has 0 saturated heterocycles. The summed E-state index contributed by atoms with van der Waals surface area (Å²) in [5.41, 5.74) is 5.46. The molecule has 1 aromatic rings. The summed E-state index contributed by atoms with van der Waals surface area (Å²) in [4.78, 5) is 7.70. The lowest BCUT2D eigenvalue weighted by Crippen LogP contribution is -2.22. The van der Waals surface area contributed by atoms with Gasteiger partial charge in [-0.2, -0.15) is 9.97 Å². The van der Waals surface area contributed by atoms with Crippen LogP contribution >= 0.6 is 0 Å². The Morgan fingerprint density at radius 1 is 1.19 bits per heavy atom. The summed E-state index contributed by atoms with van der Waals surface area (Å²) in [5.74, 6) is 0.734. The van der Waals surface area contributed by atoms with Gasteiger partial charge in [-0.3, -0.25) is 0 Å². The lowest BCUT2D eigenvalue weighted by molar-refractivity contribution is -0.122. The number of nitrogens with zero attached hydrogens (tertiary/aromatic N) is 2. The van der Waals surface area contributed by atoms with Gasteiger partial charge in [0.1, 0.15) is 6.61 Å². The van der Waals surface area contributed by atoms with Crippen LogP contribution in [0.3, 0.4) is 0 Å². The lowest BCUT2D eigenvalue weighted by Gasteiger charge is -2.14. The second kappa shape index (κ2) is 6.09. The van der Waals surface area contributed by atoms with Crippen LogP contribution in [-0.4, -0.2) is 44.2 Å². The molecule has 1 rings (SSSR count). The molecule has 1 aromatic heterocycles. The van der Waals surface area contributed by atoms with Crippen molar-refractivity contribution in [3.8, 4) is 11.8 Å². The van der Waals surface area contributed by atoms with Gasteiger partial charge in [-0.1, -0.05) is 0 Å². The molecule has 2 N–H and O–H groups in total. The molecular formula is C9H15N3O4. The Labute approximate surface area is 93.5 Å². The number of anilines is 1. The smallest absolute Gasteiger partial charge is 0.226 e. The number of nitrogens with two attached hydrogens (primary N) is 1. The monoisotopic (exact) mass is 229 g/mol. The van der Waals surface area contributed by atoms with E-state index in [1.807, 2.05) is 0 Å². The maximum Gasteiger partial charge on any atom is 0.226 e. The van der Waals surface area contributed by atoms with Gasteiger partial charge < -0.3 is 24.7 Å². The van der Waals surface area contributed by atoms with E-state index in [4.69, 9.17) is 24.7 Å². The summed E-state index contributed by atoms with van der Waals surface area (Å²) >= 11 is 0. The van der Waals surface area contributed by atoms with Gasteiger partial charge in [-0.15, -0.1) is 0 Å². The fourth-order valence-corrected chi connectivity index (χ4v) is 0.985. The Morgan fingerprint density at radius 2 is 1.81 bits per heavy atom. The average Bonchev–Trinajstić information content (AvgIpc) is 2.29. The Balaban J connectivity index is 2.62. The first-order valence-electron chi connectivity index (χ1n) is 4.56. The molecule has 0 unspecified atom stereocenters. The first-order chi connectivity index (χ1) is 7.69. The topological polar surface area (TPSA) is 88.7 Å². The minimum absolute atomic E-state index is 0.0840. The van der Waals surface area contributed by atoms with Crippen LogP contribution in [0.15, 0.2) is 6.07 Å². The third-order valence-electron chi connectivity index (χ3n) is 1.80. The predicted molar refractivity (Wildman–Crippen MR) is 56.3 cm³/mol. The second-order valence-corrected chi connectivity index (χ2v) is 2.82. The minimum atomic E-state index is -0.456. The Bertz CT molecular complexity index is 331. The van der Waals surface area contributed by atoms with Crippen molar-refractivity contribution in [2.45, 2.75) is 6.29 Å². The first kappa shape index (κ1) is 12.5. The Kier molecular flexibility index (Phi) is 4.74. The normalized spacial score (nSPS) is 10.5. The third kappa shape index (κ3) is 3.52. The van der Waals surface area contributed by atoms with Crippen LogP contribution in [0, 0.1) is 0 Å². The molecule has 0 atom stereocenters. The van der Waals surface area contributed by atoms with Crippen molar-refractivity contribution >= 4 is 5.95 Å². The van der Waals surface area contributed by atoms with Crippen molar-refractivity contribution in [3.63, 3.8) is 0 Å². The number of hydrogen-bond donors (Lipinski definition) is 1. The highest BCUT2D eigenvalue weighted by atomic mass is 16.7. The molecule has 1 heterocycles. The van der Waals surface area contributed by atoms with E-state index in [1.165, 1.54) is 27.4 Å². The zero-order chi connectivity index (χ0) is 12.0. The Hall–Kier alpha value is -1.60. The molecule has 0 fully saturated rings. The van der Waals surface area contributed by atoms with Crippen molar-refractivity contribution in [2.24, 2.45) is 0 Å². The van der Waals surface area contributed by atoms with Crippen LogP contribution in [0.1, 0.15) is 0 Å². The standard InChI is InChI=1S/C9H15N3O4/c1-13-6-4-7(12-9(10)11-6)16-5-8(14-2)15-3/h4,8H,5H2,1-3H3,(H2,10,11,12). The highest BCUT2D eigenvalue weighted by Gasteiger charge is 2.08. The number of methoxy groups -OCH3 is 3. The summed E-state index contributed by atoms with van der Waals surface area (Å²) in [5, 5.41) is 0. The van der Waals surface area contributed by atoms with Crippen LogP contribution < -0.4 is 15.2 Å². The zero-order valence-corrected chi connectivity index (χ0v) is 9.47. The number of nitrogen functional groups attached to an aromatic ring is 1. The highest BCUT2D eigenvalue weighted by molar-refractivity contribution is 5.29. The fraction of sp³-hybridized carbons (Fsp3) is 0.556. The van der Waals surface area contributed by atoms with Gasteiger partial charge >= 0.3 is 0 Å². The van der Waals surface area contributed by atoms with Crippen molar-refractivity contribution in [2.75, 3.05) is 33.7 Å². The van der Waals surface area contributed by atoms with E-state index in [1.54, 1.807) is 0 Å². The van der Waals surface area contributed by atoms with Crippen molar-refractivity contribution in [1.29, 1.82) is 0 Å². The number of aromatic nitrogens is 2. The van der Waals surface area contributed by atoms with E-state index in [-0.39, 0.29) is 12.6 Å². The quantitative estimate of drug-likeness (QED) is 0.690. The van der Waals surface area contributed by atoms with Crippen LogP contribution in [0.25, 0.3) is 0 Å². The van der Waals surface area contributed by atoms with Crippen molar-refractivity contribution < 1.29 is 18.9 Å². The molecule has 7 heteroatoms. The highest BCUT2D eigenvalue weighted by Crippen LogP contribution is 2.16. The minimum Gasteiger partial charge on any atom is -0.481 e. The van der Waals surface area contributed by atoms with Crippen molar-refractivity contribution in [1.82, 2.24) is 9.97 Å².